The van der Waals surface area contributed by atoms with Gasteiger partial charge in [0.15, 0.2) is 13.2 Å². The molecule has 1 aliphatic carbocycles. The van der Waals surface area contributed by atoms with Gasteiger partial charge in [-0.05, 0) is 49.3 Å². The number of anilines is 1. The van der Waals surface area contributed by atoms with Gasteiger partial charge in [0.05, 0.1) is 5.56 Å². The minimum atomic E-state index is -0.655. The molecule has 3 rings (SSSR count). The van der Waals surface area contributed by atoms with Crippen molar-refractivity contribution >= 4 is 34.1 Å². The van der Waals surface area contributed by atoms with Crippen LogP contribution in [-0.4, -0.2) is 31.0 Å². The van der Waals surface area contributed by atoms with E-state index in [1.54, 1.807) is 12.1 Å². The summed E-state index contributed by atoms with van der Waals surface area (Å²) in [7, 11) is 0. The van der Waals surface area contributed by atoms with Gasteiger partial charge < -0.3 is 20.5 Å². The number of carbonyl (C=O) groups is 3. The Bertz CT molecular complexity index is 937. The highest BCUT2D eigenvalue weighted by Gasteiger charge is 2.27. The average Bonchev–Trinajstić information content (AvgIpc) is 3.02. The summed E-state index contributed by atoms with van der Waals surface area (Å²) in [6.07, 6.45) is 2.61. The molecule has 1 aromatic heterocycles. The average molecular weight is 416 g/mol. The molecule has 1 aliphatic rings. The standard InChI is InChI=1S/C21H24N2O5S/c1-12-7-8-14-16(9-12)29-21(19(14)20(22)26)23-17(24)10-28-18(25)11-27-15-6-4-3-5-13(15)2/h3-6,12H,7-11H2,1-2H3,(H2,22,26)(H,23,24)/t12-/m0/s1. The molecule has 0 unspecified atom stereocenters. The molecule has 0 saturated carbocycles. The summed E-state index contributed by atoms with van der Waals surface area (Å²) in [5.74, 6) is -0.629. The van der Waals surface area contributed by atoms with Gasteiger partial charge in [0.25, 0.3) is 11.8 Å². The monoisotopic (exact) mass is 416 g/mol. The van der Waals surface area contributed by atoms with Crippen molar-refractivity contribution in [3.8, 4) is 5.75 Å². The molecule has 3 N–H and O–H groups in total. The van der Waals surface area contributed by atoms with E-state index in [1.807, 2.05) is 19.1 Å². The number of amides is 2. The van der Waals surface area contributed by atoms with Crippen LogP contribution in [0.5, 0.6) is 5.75 Å². The quantitative estimate of drug-likeness (QED) is 0.675. The summed E-state index contributed by atoms with van der Waals surface area (Å²) in [5.41, 5.74) is 7.74. The third-order valence-electron chi connectivity index (χ3n) is 4.81. The first-order chi connectivity index (χ1) is 13.8. The van der Waals surface area contributed by atoms with Gasteiger partial charge in [-0.1, -0.05) is 25.1 Å². The maximum atomic E-state index is 12.2. The van der Waals surface area contributed by atoms with Gasteiger partial charge in [-0.3, -0.25) is 9.59 Å². The Morgan fingerprint density at radius 1 is 1.24 bits per heavy atom. The third-order valence-corrected chi connectivity index (χ3v) is 5.98. The number of esters is 1. The predicted octanol–water partition coefficient (Wildman–Crippen LogP) is 2.84. The number of nitrogens with two attached hydrogens (primary N) is 1. The highest BCUT2D eigenvalue weighted by atomic mass is 32.1. The number of primary amides is 1. The van der Waals surface area contributed by atoms with Crippen LogP contribution in [-0.2, 0) is 27.2 Å². The van der Waals surface area contributed by atoms with E-state index in [2.05, 4.69) is 12.2 Å². The van der Waals surface area contributed by atoms with Crippen LogP contribution in [0.25, 0.3) is 0 Å². The van der Waals surface area contributed by atoms with Gasteiger partial charge >= 0.3 is 5.97 Å². The van der Waals surface area contributed by atoms with Crippen molar-refractivity contribution < 1.29 is 23.9 Å². The van der Waals surface area contributed by atoms with Crippen molar-refractivity contribution in [1.29, 1.82) is 0 Å². The van der Waals surface area contributed by atoms with Crippen LogP contribution in [0.2, 0.25) is 0 Å². The number of hydrogen-bond donors (Lipinski definition) is 2. The Morgan fingerprint density at radius 3 is 2.72 bits per heavy atom. The number of hydrogen-bond acceptors (Lipinski definition) is 6. The number of ether oxygens (including phenoxy) is 2. The number of para-hydroxylation sites is 1. The van der Waals surface area contributed by atoms with Crippen LogP contribution >= 0.6 is 11.3 Å². The maximum Gasteiger partial charge on any atom is 0.344 e. The number of carbonyl (C=O) groups excluding carboxylic acids is 3. The lowest BCUT2D eigenvalue weighted by molar-refractivity contribution is -0.149. The van der Waals surface area contributed by atoms with Crippen LogP contribution in [0.15, 0.2) is 24.3 Å². The Kier molecular flexibility index (Phi) is 6.53. The molecule has 8 heteroatoms. The van der Waals surface area contributed by atoms with Gasteiger partial charge in [0.2, 0.25) is 0 Å². The Morgan fingerprint density at radius 2 is 2.00 bits per heavy atom. The maximum absolute atomic E-state index is 12.2. The number of thiophene rings is 1. The van der Waals surface area contributed by atoms with Crippen LogP contribution in [0.1, 0.15) is 39.7 Å². The molecule has 2 amide bonds. The molecule has 1 atom stereocenters. The molecule has 0 bridgehead atoms. The lowest BCUT2D eigenvalue weighted by atomic mass is 9.88. The van der Waals surface area contributed by atoms with Crippen molar-refractivity contribution in [3.05, 3.63) is 45.8 Å². The van der Waals surface area contributed by atoms with Gasteiger partial charge in [-0.15, -0.1) is 11.3 Å². The fourth-order valence-electron chi connectivity index (χ4n) is 3.30. The summed E-state index contributed by atoms with van der Waals surface area (Å²) < 4.78 is 10.4. The van der Waals surface area contributed by atoms with Crippen molar-refractivity contribution in [2.75, 3.05) is 18.5 Å². The summed E-state index contributed by atoms with van der Waals surface area (Å²) >= 11 is 1.37. The molecule has 154 valence electrons. The second-order valence-electron chi connectivity index (χ2n) is 7.18. The number of fused-ring (bicyclic) bond motifs is 1. The lowest BCUT2D eigenvalue weighted by Crippen LogP contribution is -2.25. The first-order valence-electron chi connectivity index (χ1n) is 9.43. The normalized spacial score (nSPS) is 15.3. The van der Waals surface area contributed by atoms with Gasteiger partial charge in [-0.2, -0.15) is 0 Å². The summed E-state index contributed by atoms with van der Waals surface area (Å²) in [6.45, 7) is 3.26. The Labute approximate surface area is 173 Å². The molecule has 1 heterocycles. The molecule has 2 aromatic rings. The Balaban J connectivity index is 1.55. The zero-order chi connectivity index (χ0) is 21.0. The molecule has 0 aliphatic heterocycles. The van der Waals surface area contributed by atoms with E-state index in [0.29, 0.717) is 22.2 Å². The molecule has 0 spiro atoms. The van der Waals surface area contributed by atoms with E-state index in [-0.39, 0.29) is 6.61 Å². The molecule has 0 saturated heterocycles. The van der Waals surface area contributed by atoms with Gasteiger partial charge in [0, 0.05) is 4.88 Å². The molecular formula is C21H24N2O5S. The Hall–Kier alpha value is -2.87. The minimum absolute atomic E-state index is 0.296. The van der Waals surface area contributed by atoms with Crippen LogP contribution in [0, 0.1) is 12.8 Å². The van der Waals surface area contributed by atoms with Crippen LogP contribution in [0.4, 0.5) is 5.00 Å². The van der Waals surface area contributed by atoms with Crippen molar-refractivity contribution in [2.45, 2.75) is 33.1 Å². The van der Waals surface area contributed by atoms with E-state index in [1.165, 1.54) is 11.3 Å². The van der Waals surface area contributed by atoms with Crippen molar-refractivity contribution in [1.82, 2.24) is 0 Å². The van der Waals surface area contributed by atoms with Crippen molar-refractivity contribution in [2.24, 2.45) is 11.7 Å². The first kappa shape index (κ1) is 20.9. The number of rotatable bonds is 7. The zero-order valence-corrected chi connectivity index (χ0v) is 17.3. The van der Waals surface area contributed by atoms with E-state index in [4.69, 9.17) is 15.2 Å². The molecule has 0 radical (unpaired) electrons. The number of nitrogens with one attached hydrogen (secondary N) is 1. The van der Waals surface area contributed by atoms with E-state index >= 15 is 0 Å². The zero-order valence-electron chi connectivity index (χ0n) is 16.4. The summed E-state index contributed by atoms with van der Waals surface area (Å²) in [4.78, 5) is 37.1. The molecule has 1 aromatic carbocycles. The fraction of sp³-hybridized carbons (Fsp3) is 0.381. The lowest BCUT2D eigenvalue weighted by Gasteiger charge is -2.18. The highest BCUT2D eigenvalue weighted by molar-refractivity contribution is 7.17. The van der Waals surface area contributed by atoms with E-state index < -0.39 is 24.4 Å². The first-order valence-corrected chi connectivity index (χ1v) is 10.2. The van der Waals surface area contributed by atoms with E-state index in [9.17, 15) is 14.4 Å². The second kappa shape index (κ2) is 9.09. The fourth-order valence-corrected chi connectivity index (χ4v) is 4.74. The third kappa shape index (κ3) is 5.14. The van der Waals surface area contributed by atoms with Gasteiger partial charge in [-0.25, -0.2) is 4.79 Å². The summed E-state index contributed by atoms with van der Waals surface area (Å²) in [6, 6.07) is 7.29. The highest BCUT2D eigenvalue weighted by Crippen LogP contribution is 2.39. The number of aryl methyl sites for hydroxylation is 1. The number of benzene rings is 1. The largest absolute Gasteiger partial charge is 0.482 e. The predicted molar refractivity (Wildman–Crippen MR) is 110 cm³/mol. The molecule has 29 heavy (non-hydrogen) atoms. The van der Waals surface area contributed by atoms with Crippen LogP contribution < -0.4 is 15.8 Å². The molecule has 7 nitrogen and oxygen atoms in total. The topological polar surface area (TPSA) is 108 Å². The second-order valence-corrected chi connectivity index (χ2v) is 8.29. The SMILES string of the molecule is Cc1ccccc1OCC(=O)OCC(=O)Nc1sc2c(c1C(N)=O)CC[C@H](C)C2. The van der Waals surface area contributed by atoms with Gasteiger partial charge in [0.1, 0.15) is 10.8 Å². The smallest absolute Gasteiger partial charge is 0.344 e. The molecule has 0 fully saturated rings. The van der Waals surface area contributed by atoms with Crippen LogP contribution in [0.3, 0.4) is 0 Å². The summed E-state index contributed by atoms with van der Waals surface area (Å²) in [5, 5.41) is 3.09. The molecular weight excluding hydrogens is 392 g/mol. The van der Waals surface area contributed by atoms with Crippen molar-refractivity contribution in [3.63, 3.8) is 0 Å². The van der Waals surface area contributed by atoms with E-state index in [0.717, 1.165) is 35.3 Å². The minimum Gasteiger partial charge on any atom is -0.482 e.